The van der Waals surface area contributed by atoms with Gasteiger partial charge < -0.3 is 15.5 Å². The molecule has 0 aromatic heterocycles. The van der Waals surface area contributed by atoms with Crippen molar-refractivity contribution in [3.05, 3.63) is 29.8 Å². The van der Waals surface area contributed by atoms with E-state index in [1.165, 1.54) is 22.3 Å². The summed E-state index contributed by atoms with van der Waals surface area (Å²) in [4.78, 5) is 38.2. The zero-order chi connectivity index (χ0) is 20.3. The molecule has 2 saturated heterocycles. The van der Waals surface area contributed by atoms with Gasteiger partial charge >= 0.3 is 0 Å². The van der Waals surface area contributed by atoms with Crippen molar-refractivity contribution in [2.45, 2.75) is 25.3 Å². The monoisotopic (exact) mass is 408 g/mol. The fourth-order valence-corrected chi connectivity index (χ4v) is 5.15. The van der Waals surface area contributed by atoms with Crippen molar-refractivity contribution in [2.24, 2.45) is 0 Å². The van der Waals surface area contributed by atoms with Gasteiger partial charge in [-0.3, -0.25) is 18.7 Å². The Labute approximate surface area is 164 Å². The number of benzene rings is 1. The van der Waals surface area contributed by atoms with Crippen LogP contribution in [0.3, 0.4) is 0 Å². The van der Waals surface area contributed by atoms with Gasteiger partial charge in [0.15, 0.2) is 0 Å². The predicted molar refractivity (Wildman–Crippen MR) is 103 cm³/mol. The number of sulfonamides is 1. The van der Waals surface area contributed by atoms with Crippen molar-refractivity contribution in [3.63, 3.8) is 0 Å². The first-order chi connectivity index (χ1) is 13.3. The number of rotatable bonds is 5. The number of hydrogen-bond acceptors (Lipinski definition) is 5. The van der Waals surface area contributed by atoms with Crippen LogP contribution in [0.1, 0.15) is 29.6 Å². The van der Waals surface area contributed by atoms with Crippen LogP contribution in [0.2, 0.25) is 0 Å². The first kappa shape index (κ1) is 20.1. The van der Waals surface area contributed by atoms with E-state index in [0.29, 0.717) is 31.6 Å². The number of amides is 3. The van der Waals surface area contributed by atoms with E-state index >= 15 is 0 Å². The fourth-order valence-electron chi connectivity index (χ4n) is 3.60. The highest BCUT2D eigenvalue weighted by atomic mass is 32.2. The molecule has 1 atom stereocenters. The highest BCUT2D eigenvalue weighted by molar-refractivity contribution is 7.93. The molecule has 28 heavy (non-hydrogen) atoms. The van der Waals surface area contributed by atoms with Gasteiger partial charge in [-0.25, -0.2) is 8.42 Å². The number of likely N-dealkylation sites (N-methyl/N-ethyl adjacent to an activating group) is 1. The third-order valence-corrected chi connectivity index (χ3v) is 6.89. The van der Waals surface area contributed by atoms with Crippen LogP contribution in [0, 0.1) is 0 Å². The molecule has 1 aromatic rings. The van der Waals surface area contributed by atoms with E-state index in [1.807, 2.05) is 0 Å². The van der Waals surface area contributed by atoms with Crippen LogP contribution in [0.25, 0.3) is 0 Å². The second-order valence-corrected chi connectivity index (χ2v) is 8.85. The van der Waals surface area contributed by atoms with Gasteiger partial charge in [0.25, 0.3) is 5.91 Å². The number of anilines is 1. The molecular formula is C18H24N4O5S. The summed E-state index contributed by atoms with van der Waals surface area (Å²) < 4.78 is 25.4. The van der Waals surface area contributed by atoms with Crippen LogP contribution in [0.4, 0.5) is 5.69 Å². The summed E-state index contributed by atoms with van der Waals surface area (Å²) in [6.07, 6.45) is 1.89. The Morgan fingerprint density at radius 3 is 2.64 bits per heavy atom. The van der Waals surface area contributed by atoms with E-state index < -0.39 is 22.0 Å². The highest BCUT2D eigenvalue weighted by Crippen LogP contribution is 2.24. The van der Waals surface area contributed by atoms with E-state index in [-0.39, 0.29) is 29.7 Å². The van der Waals surface area contributed by atoms with Gasteiger partial charge in [-0.2, -0.15) is 0 Å². The number of likely N-dealkylation sites (tertiary alicyclic amines) is 1. The average molecular weight is 408 g/mol. The molecule has 2 heterocycles. The van der Waals surface area contributed by atoms with Crippen LogP contribution in [-0.4, -0.2) is 69.5 Å². The molecule has 0 radical (unpaired) electrons. The molecule has 0 bridgehead atoms. The molecule has 0 saturated carbocycles. The quantitative estimate of drug-likeness (QED) is 0.694. The zero-order valence-corrected chi connectivity index (χ0v) is 16.5. The number of carbonyl (C=O) groups is 3. The van der Waals surface area contributed by atoms with Crippen LogP contribution < -0.4 is 14.9 Å². The number of nitrogens with one attached hydrogen (secondary N) is 2. The van der Waals surface area contributed by atoms with Gasteiger partial charge in [-0.05, 0) is 37.5 Å². The van der Waals surface area contributed by atoms with E-state index in [4.69, 9.17) is 0 Å². The zero-order valence-electron chi connectivity index (χ0n) is 15.7. The molecule has 2 aliphatic rings. The first-order valence-electron chi connectivity index (χ1n) is 9.23. The topological polar surface area (TPSA) is 116 Å². The Hall–Kier alpha value is -2.62. The summed E-state index contributed by atoms with van der Waals surface area (Å²) in [6, 6.07) is 5.82. The lowest BCUT2D eigenvalue weighted by Gasteiger charge is -2.23. The number of carbonyl (C=O) groups excluding carboxylic acids is 3. The lowest BCUT2D eigenvalue weighted by molar-refractivity contribution is -0.137. The Balaban J connectivity index is 1.63. The van der Waals surface area contributed by atoms with Gasteiger partial charge in [-0.1, -0.05) is 6.07 Å². The predicted octanol–water partition coefficient (Wildman–Crippen LogP) is -0.307. The van der Waals surface area contributed by atoms with Gasteiger partial charge in [0.1, 0.15) is 6.04 Å². The molecule has 1 unspecified atom stereocenters. The third-order valence-electron chi connectivity index (χ3n) is 5.02. The first-order valence-corrected chi connectivity index (χ1v) is 10.8. The van der Waals surface area contributed by atoms with E-state index in [9.17, 15) is 22.8 Å². The summed E-state index contributed by atoms with van der Waals surface area (Å²) in [5.41, 5.74) is 0.715. The molecular weight excluding hydrogens is 384 g/mol. The van der Waals surface area contributed by atoms with Crippen molar-refractivity contribution in [3.8, 4) is 0 Å². The second-order valence-electron chi connectivity index (χ2n) is 6.83. The van der Waals surface area contributed by atoms with Crippen LogP contribution in [0.5, 0.6) is 0 Å². The van der Waals surface area contributed by atoms with Gasteiger partial charge in [0, 0.05) is 25.7 Å². The summed E-state index contributed by atoms with van der Waals surface area (Å²) in [6.45, 7) is 0.648. The van der Waals surface area contributed by atoms with E-state index in [1.54, 1.807) is 18.2 Å². The van der Waals surface area contributed by atoms with Crippen LogP contribution in [-0.2, 0) is 19.6 Å². The molecule has 152 valence electrons. The van der Waals surface area contributed by atoms with Crippen LogP contribution in [0.15, 0.2) is 24.3 Å². The van der Waals surface area contributed by atoms with Crippen LogP contribution >= 0.6 is 0 Å². The summed E-state index contributed by atoms with van der Waals surface area (Å²) in [5, 5.41) is 5.11. The Kier molecular flexibility index (Phi) is 5.87. The van der Waals surface area contributed by atoms with Gasteiger partial charge in [0.05, 0.1) is 18.0 Å². The van der Waals surface area contributed by atoms with Crippen molar-refractivity contribution < 1.29 is 22.8 Å². The number of nitrogens with zero attached hydrogens (tertiary/aromatic N) is 2. The molecule has 3 amide bonds. The molecule has 9 nitrogen and oxygen atoms in total. The summed E-state index contributed by atoms with van der Waals surface area (Å²) >= 11 is 0. The minimum Gasteiger partial charge on any atom is -0.357 e. The molecule has 0 aliphatic carbocycles. The molecule has 0 spiro atoms. The molecule has 1 aromatic carbocycles. The molecule has 2 N–H and O–H groups in total. The van der Waals surface area contributed by atoms with E-state index in [2.05, 4.69) is 10.6 Å². The SMILES string of the molecule is CNC(=O)C1CCCN1C(=O)CNC(=O)c1cccc(N2CCCS2(=O)=O)c1. The van der Waals surface area contributed by atoms with Crippen molar-refractivity contribution in [1.29, 1.82) is 0 Å². The standard InChI is InChI=1S/C18H24N4O5S/c1-19-18(25)15-7-3-8-21(15)16(23)12-20-17(24)13-5-2-6-14(11-13)22-9-4-10-28(22,26)27/h2,5-6,11,15H,3-4,7-10,12H2,1H3,(H,19,25)(H,20,24). The van der Waals surface area contributed by atoms with Gasteiger partial charge in [0.2, 0.25) is 21.8 Å². The molecule has 2 fully saturated rings. The molecule has 3 rings (SSSR count). The highest BCUT2D eigenvalue weighted by Gasteiger charge is 2.33. The average Bonchev–Trinajstić information content (AvgIpc) is 3.31. The van der Waals surface area contributed by atoms with Crippen molar-refractivity contribution in [2.75, 3.05) is 36.7 Å². The lowest BCUT2D eigenvalue weighted by Crippen LogP contribution is -2.48. The second kappa shape index (κ2) is 8.17. The van der Waals surface area contributed by atoms with Crippen molar-refractivity contribution >= 4 is 33.4 Å². The minimum atomic E-state index is -3.33. The summed E-state index contributed by atoms with van der Waals surface area (Å²) in [5.74, 6) is -0.905. The Morgan fingerprint density at radius 2 is 1.96 bits per heavy atom. The largest absolute Gasteiger partial charge is 0.357 e. The Bertz CT molecular complexity index is 886. The van der Waals surface area contributed by atoms with Gasteiger partial charge in [-0.15, -0.1) is 0 Å². The maximum absolute atomic E-state index is 12.4. The minimum absolute atomic E-state index is 0.0975. The molecule has 10 heteroatoms. The smallest absolute Gasteiger partial charge is 0.251 e. The summed E-state index contributed by atoms with van der Waals surface area (Å²) in [7, 11) is -1.81. The Morgan fingerprint density at radius 1 is 1.18 bits per heavy atom. The third kappa shape index (κ3) is 4.11. The maximum atomic E-state index is 12.4. The van der Waals surface area contributed by atoms with Crippen molar-refractivity contribution in [1.82, 2.24) is 15.5 Å². The number of hydrogen-bond donors (Lipinski definition) is 2. The maximum Gasteiger partial charge on any atom is 0.251 e. The lowest BCUT2D eigenvalue weighted by atomic mass is 10.2. The normalized spacial score (nSPS) is 20.8. The molecule has 2 aliphatic heterocycles. The fraction of sp³-hybridized carbons (Fsp3) is 0.500. The van der Waals surface area contributed by atoms with E-state index in [0.717, 1.165) is 6.42 Å².